The molecule has 0 unspecified atom stereocenters. The number of aromatic hydroxyl groups is 1. The smallest absolute Gasteiger partial charge is 0.238 e. The minimum Gasteiger partial charge on any atom is -0.508 e. The number of benzene rings is 3. The van der Waals surface area contributed by atoms with Gasteiger partial charge in [0.25, 0.3) is 0 Å². The number of amides is 1. The fourth-order valence-corrected chi connectivity index (χ4v) is 3.41. The first-order chi connectivity index (χ1) is 15.5. The molecule has 1 amide bonds. The number of carbonyl (C=O) groups excluding carboxylic acids is 1. The maximum atomic E-state index is 12.4. The van der Waals surface area contributed by atoms with Gasteiger partial charge in [0.15, 0.2) is 0 Å². The first-order valence-corrected chi connectivity index (χ1v) is 10.8. The molecule has 0 saturated carbocycles. The van der Waals surface area contributed by atoms with E-state index < -0.39 is 0 Å². The zero-order chi connectivity index (χ0) is 22.8. The first kappa shape index (κ1) is 23.3. The average Bonchev–Trinajstić information content (AvgIpc) is 2.76. The molecule has 0 fully saturated rings. The van der Waals surface area contributed by atoms with Crippen molar-refractivity contribution in [3.05, 3.63) is 84.4 Å². The summed E-state index contributed by atoms with van der Waals surface area (Å²) in [4.78, 5) is 16.6. The number of para-hydroxylation sites is 1. The topological polar surface area (TPSA) is 65.0 Å². The number of carbonyl (C=O) groups is 1. The van der Waals surface area contributed by atoms with Crippen molar-refractivity contribution in [2.24, 2.45) is 0 Å². The fourth-order valence-electron chi connectivity index (χ4n) is 3.41. The lowest BCUT2D eigenvalue weighted by atomic mass is 10.2. The zero-order valence-electron chi connectivity index (χ0n) is 18.7. The number of nitrogens with zero attached hydrogens (tertiary/aromatic N) is 2. The van der Waals surface area contributed by atoms with Crippen LogP contribution in [0.3, 0.4) is 0 Å². The van der Waals surface area contributed by atoms with Gasteiger partial charge < -0.3 is 20.1 Å². The second-order valence-electron chi connectivity index (χ2n) is 7.99. The van der Waals surface area contributed by atoms with Crippen molar-refractivity contribution in [2.45, 2.75) is 13.0 Å². The Bertz CT molecular complexity index is 977. The fraction of sp³-hybridized carbons (Fsp3) is 0.269. The Morgan fingerprint density at radius 1 is 0.875 bits per heavy atom. The van der Waals surface area contributed by atoms with Crippen LogP contribution in [0.5, 0.6) is 17.2 Å². The summed E-state index contributed by atoms with van der Waals surface area (Å²) in [7, 11) is 4.01. The Morgan fingerprint density at radius 3 is 2.28 bits per heavy atom. The highest BCUT2D eigenvalue weighted by atomic mass is 16.5. The Kier molecular flexibility index (Phi) is 8.66. The molecule has 6 nitrogen and oxygen atoms in total. The molecule has 6 heteroatoms. The molecule has 2 N–H and O–H groups in total. The highest BCUT2D eigenvalue weighted by molar-refractivity contribution is 5.92. The van der Waals surface area contributed by atoms with Gasteiger partial charge in [0.05, 0.1) is 6.54 Å². The van der Waals surface area contributed by atoms with E-state index in [2.05, 4.69) is 17.3 Å². The summed E-state index contributed by atoms with van der Waals surface area (Å²) >= 11 is 0. The molecule has 0 radical (unpaired) electrons. The van der Waals surface area contributed by atoms with Crippen LogP contribution in [0.15, 0.2) is 78.9 Å². The van der Waals surface area contributed by atoms with E-state index in [9.17, 15) is 9.90 Å². The maximum Gasteiger partial charge on any atom is 0.238 e. The monoisotopic (exact) mass is 433 g/mol. The Hall–Kier alpha value is -3.35. The third kappa shape index (κ3) is 8.06. The largest absolute Gasteiger partial charge is 0.508 e. The molecule has 0 saturated heterocycles. The van der Waals surface area contributed by atoms with Crippen molar-refractivity contribution in [1.82, 2.24) is 9.80 Å². The number of hydrogen-bond donors (Lipinski definition) is 2. The molecule has 32 heavy (non-hydrogen) atoms. The van der Waals surface area contributed by atoms with Gasteiger partial charge in [-0.3, -0.25) is 9.69 Å². The van der Waals surface area contributed by atoms with E-state index in [1.807, 2.05) is 78.7 Å². The highest BCUT2D eigenvalue weighted by Gasteiger charge is 2.08. The van der Waals surface area contributed by atoms with Gasteiger partial charge >= 0.3 is 0 Å². The van der Waals surface area contributed by atoms with Crippen LogP contribution in [0.4, 0.5) is 5.69 Å². The van der Waals surface area contributed by atoms with E-state index in [-0.39, 0.29) is 5.91 Å². The van der Waals surface area contributed by atoms with Gasteiger partial charge in [-0.25, -0.2) is 0 Å². The van der Waals surface area contributed by atoms with E-state index in [1.54, 1.807) is 12.1 Å². The molecular weight excluding hydrogens is 402 g/mol. The van der Waals surface area contributed by atoms with Crippen molar-refractivity contribution in [2.75, 3.05) is 39.0 Å². The van der Waals surface area contributed by atoms with E-state index >= 15 is 0 Å². The minimum atomic E-state index is -0.0441. The van der Waals surface area contributed by atoms with Crippen molar-refractivity contribution in [3.63, 3.8) is 0 Å². The van der Waals surface area contributed by atoms with Gasteiger partial charge in [-0.2, -0.15) is 0 Å². The molecular formula is C26H31N3O3. The van der Waals surface area contributed by atoms with Crippen molar-refractivity contribution in [1.29, 1.82) is 0 Å². The molecule has 0 heterocycles. The Morgan fingerprint density at radius 2 is 1.56 bits per heavy atom. The highest BCUT2D eigenvalue weighted by Crippen LogP contribution is 2.22. The Balaban J connectivity index is 1.35. The number of hydrogen-bond acceptors (Lipinski definition) is 5. The van der Waals surface area contributed by atoms with Crippen LogP contribution < -0.4 is 10.1 Å². The molecule has 3 aromatic carbocycles. The molecule has 0 aliphatic rings. The number of rotatable bonds is 11. The summed E-state index contributed by atoms with van der Waals surface area (Å²) < 4.78 is 5.77. The van der Waals surface area contributed by atoms with E-state index in [4.69, 9.17) is 4.74 Å². The normalized spacial score (nSPS) is 11.0. The third-order valence-corrected chi connectivity index (χ3v) is 4.97. The van der Waals surface area contributed by atoms with E-state index in [0.717, 1.165) is 48.8 Å². The van der Waals surface area contributed by atoms with E-state index in [0.29, 0.717) is 12.3 Å². The van der Waals surface area contributed by atoms with Crippen LogP contribution >= 0.6 is 0 Å². The average molecular weight is 434 g/mol. The number of nitrogens with one attached hydrogen (secondary N) is 1. The predicted molar refractivity (Wildman–Crippen MR) is 128 cm³/mol. The summed E-state index contributed by atoms with van der Waals surface area (Å²) in [5.74, 6) is 1.75. The number of anilines is 1. The number of phenolic OH excluding ortho intramolecular Hbond substituents is 1. The van der Waals surface area contributed by atoms with Crippen LogP contribution in [0, 0.1) is 0 Å². The molecule has 0 aromatic heterocycles. The van der Waals surface area contributed by atoms with Crippen molar-refractivity contribution in [3.8, 4) is 17.2 Å². The van der Waals surface area contributed by atoms with Gasteiger partial charge in [-0.15, -0.1) is 0 Å². The lowest BCUT2D eigenvalue weighted by molar-refractivity contribution is -0.117. The van der Waals surface area contributed by atoms with Gasteiger partial charge in [0.2, 0.25) is 5.91 Å². The van der Waals surface area contributed by atoms with Crippen LogP contribution in [0.1, 0.15) is 12.0 Å². The van der Waals surface area contributed by atoms with Crippen molar-refractivity contribution < 1.29 is 14.6 Å². The predicted octanol–water partition coefficient (Wildman–Crippen LogP) is 4.58. The quantitative estimate of drug-likeness (QED) is 0.464. The molecule has 0 bridgehead atoms. The first-order valence-electron chi connectivity index (χ1n) is 10.8. The van der Waals surface area contributed by atoms with Gasteiger partial charge in [0, 0.05) is 12.2 Å². The summed E-state index contributed by atoms with van der Waals surface area (Å²) in [5.41, 5.74) is 1.83. The summed E-state index contributed by atoms with van der Waals surface area (Å²) in [6.07, 6.45) is 0.949. The number of likely N-dealkylation sites (N-methyl/N-ethyl adjacent to an activating group) is 1. The van der Waals surface area contributed by atoms with Crippen LogP contribution in [0.2, 0.25) is 0 Å². The van der Waals surface area contributed by atoms with Gasteiger partial charge in [0.1, 0.15) is 17.2 Å². The van der Waals surface area contributed by atoms with Crippen LogP contribution in [-0.2, 0) is 11.3 Å². The van der Waals surface area contributed by atoms with Gasteiger partial charge in [-0.1, -0.05) is 30.3 Å². The second-order valence-corrected chi connectivity index (χ2v) is 7.99. The molecule has 0 aliphatic carbocycles. The Labute approximate surface area is 190 Å². The molecule has 3 rings (SSSR count). The third-order valence-electron chi connectivity index (χ3n) is 4.97. The lowest BCUT2D eigenvalue weighted by Gasteiger charge is -2.20. The maximum absolute atomic E-state index is 12.4. The molecule has 0 spiro atoms. The summed E-state index contributed by atoms with van der Waals surface area (Å²) in [6.45, 7) is 2.84. The number of ether oxygens (including phenoxy) is 1. The molecule has 168 valence electrons. The SMILES string of the molecule is CN(CCCN(C)Cc1cccc(O)c1)CC(=O)Nc1ccc(Oc2ccccc2)cc1. The second kappa shape index (κ2) is 11.9. The molecule has 0 atom stereocenters. The van der Waals surface area contributed by atoms with Crippen LogP contribution in [-0.4, -0.2) is 54.5 Å². The molecule has 0 aliphatic heterocycles. The minimum absolute atomic E-state index is 0.0441. The molecule has 3 aromatic rings. The summed E-state index contributed by atoms with van der Waals surface area (Å²) in [6, 6.07) is 24.3. The summed E-state index contributed by atoms with van der Waals surface area (Å²) in [5, 5.41) is 12.5. The zero-order valence-corrected chi connectivity index (χ0v) is 18.7. The lowest BCUT2D eigenvalue weighted by Crippen LogP contribution is -2.32. The van der Waals surface area contributed by atoms with Crippen LogP contribution in [0.25, 0.3) is 0 Å². The van der Waals surface area contributed by atoms with E-state index in [1.165, 1.54) is 0 Å². The van der Waals surface area contributed by atoms with Crippen molar-refractivity contribution >= 4 is 11.6 Å². The number of phenols is 1. The van der Waals surface area contributed by atoms with Gasteiger partial charge in [-0.05, 0) is 87.7 Å². The standard InChI is InChI=1S/C26H31N3O3/c1-28(19-21-8-6-9-23(30)18-21)16-7-17-29(2)20-26(31)27-22-12-14-25(15-13-22)32-24-10-4-3-5-11-24/h3-6,8-15,18,30H,7,16-17,19-20H2,1-2H3,(H,27,31).